The Balaban J connectivity index is 2.65. The van der Waals surface area contributed by atoms with Gasteiger partial charge in [0.25, 0.3) is 0 Å². The number of nitrogens with one attached hydrogen (secondary N) is 1. The fourth-order valence-electron chi connectivity index (χ4n) is 0.762. The van der Waals surface area contributed by atoms with Crippen LogP contribution in [0.1, 0.15) is 20.8 Å². The molecule has 0 radical (unpaired) electrons. The van der Waals surface area contributed by atoms with Crippen molar-refractivity contribution in [2.75, 3.05) is 5.32 Å². The molecule has 11 heavy (non-hydrogen) atoms. The van der Waals surface area contributed by atoms with E-state index >= 15 is 0 Å². The molecule has 0 unspecified atom stereocenters. The van der Waals surface area contributed by atoms with Gasteiger partial charge in [-0.15, -0.1) is 0 Å². The second kappa shape index (κ2) is 2.77. The number of aromatic nitrogens is 2. The van der Waals surface area contributed by atoms with E-state index in [9.17, 15) is 0 Å². The molecule has 3 nitrogen and oxygen atoms in total. The van der Waals surface area contributed by atoms with Crippen LogP contribution in [-0.4, -0.2) is 14.5 Å². The van der Waals surface area contributed by atoms with Gasteiger partial charge in [-0.05, 0) is 20.8 Å². The molecule has 0 amide bonds. The van der Waals surface area contributed by atoms with Crippen molar-refractivity contribution in [3.8, 4) is 0 Å². The van der Waals surface area contributed by atoms with Gasteiger partial charge in [0.05, 0.1) is 6.20 Å². The van der Waals surface area contributed by atoms with Crippen molar-refractivity contribution in [2.45, 2.75) is 26.3 Å². The van der Waals surface area contributed by atoms with Gasteiger partial charge in [-0.1, -0.05) is 12.8 Å². The van der Waals surface area contributed by atoms with Crippen LogP contribution in [0.3, 0.4) is 0 Å². The smallest absolute Gasteiger partial charge is 0.145 e. The molecule has 4 heteroatoms. The van der Waals surface area contributed by atoms with Crippen LogP contribution >= 0.6 is 12.8 Å². The summed E-state index contributed by atoms with van der Waals surface area (Å²) in [5, 5.41) is 3.22. The molecule has 0 bridgehead atoms. The maximum atomic E-state index is 4.08. The summed E-state index contributed by atoms with van der Waals surface area (Å²) in [6.45, 7) is 6.26. The lowest BCUT2D eigenvalue weighted by molar-refractivity contribution is 0.631. The van der Waals surface area contributed by atoms with E-state index in [0.717, 1.165) is 5.82 Å². The van der Waals surface area contributed by atoms with Crippen LogP contribution in [0.5, 0.6) is 0 Å². The van der Waals surface area contributed by atoms with E-state index < -0.39 is 0 Å². The van der Waals surface area contributed by atoms with Crippen LogP contribution in [0.25, 0.3) is 0 Å². The minimum absolute atomic E-state index is 0.0577. The van der Waals surface area contributed by atoms with Gasteiger partial charge in [0.1, 0.15) is 12.1 Å². The van der Waals surface area contributed by atoms with Crippen molar-refractivity contribution in [2.24, 2.45) is 0 Å². The first-order chi connectivity index (χ1) is 4.97. The molecule has 1 heterocycles. The third kappa shape index (κ3) is 2.84. The SMILES string of the molecule is CC(C)(C)Nc1cn(S)cn1. The molecule has 0 aliphatic carbocycles. The molecule has 0 saturated heterocycles. The van der Waals surface area contributed by atoms with E-state index in [2.05, 4.69) is 43.9 Å². The van der Waals surface area contributed by atoms with Crippen molar-refractivity contribution in [3.05, 3.63) is 12.5 Å². The summed E-state index contributed by atoms with van der Waals surface area (Å²) in [6, 6.07) is 0. The highest BCUT2D eigenvalue weighted by atomic mass is 32.1. The van der Waals surface area contributed by atoms with Crippen molar-refractivity contribution in [1.29, 1.82) is 0 Å². The minimum atomic E-state index is 0.0577. The van der Waals surface area contributed by atoms with E-state index in [1.807, 2.05) is 6.20 Å². The Labute approximate surface area is 72.4 Å². The molecule has 62 valence electrons. The maximum Gasteiger partial charge on any atom is 0.145 e. The number of hydrogen-bond acceptors (Lipinski definition) is 3. The number of thiol groups is 1. The van der Waals surface area contributed by atoms with E-state index in [1.165, 1.54) is 0 Å². The Morgan fingerprint density at radius 1 is 1.55 bits per heavy atom. The highest BCUT2D eigenvalue weighted by molar-refractivity contribution is 7.78. The summed E-state index contributed by atoms with van der Waals surface area (Å²) < 4.78 is 1.62. The Hall–Kier alpha value is -0.640. The second-order valence-electron chi connectivity index (χ2n) is 3.51. The fourth-order valence-corrected chi connectivity index (χ4v) is 0.923. The summed E-state index contributed by atoms with van der Waals surface area (Å²) in [6.07, 6.45) is 3.48. The van der Waals surface area contributed by atoms with Crippen molar-refractivity contribution in [3.63, 3.8) is 0 Å². The van der Waals surface area contributed by atoms with Gasteiger partial charge in [-0.2, -0.15) is 0 Å². The Bertz CT molecular complexity index is 236. The zero-order valence-corrected chi connectivity index (χ0v) is 7.89. The summed E-state index contributed by atoms with van der Waals surface area (Å²) >= 11 is 4.07. The molecule has 1 aromatic heterocycles. The van der Waals surface area contributed by atoms with E-state index in [-0.39, 0.29) is 5.54 Å². The zero-order valence-electron chi connectivity index (χ0n) is 7.00. The molecule has 0 aliphatic rings. The summed E-state index contributed by atoms with van der Waals surface area (Å²) in [5.74, 6) is 0.854. The van der Waals surface area contributed by atoms with Crippen LogP contribution in [0, 0.1) is 0 Å². The number of rotatable bonds is 1. The highest BCUT2D eigenvalue weighted by Crippen LogP contribution is 2.11. The first kappa shape index (κ1) is 8.46. The van der Waals surface area contributed by atoms with Gasteiger partial charge in [0.2, 0.25) is 0 Å². The summed E-state index contributed by atoms with van der Waals surface area (Å²) in [4.78, 5) is 4.08. The van der Waals surface area contributed by atoms with Crippen molar-refractivity contribution >= 4 is 18.6 Å². The molecular formula is C7H13N3S. The molecular weight excluding hydrogens is 158 g/mol. The van der Waals surface area contributed by atoms with Gasteiger partial charge >= 0.3 is 0 Å². The summed E-state index contributed by atoms with van der Waals surface area (Å²) in [5.41, 5.74) is 0.0577. The third-order valence-electron chi connectivity index (χ3n) is 1.07. The zero-order chi connectivity index (χ0) is 8.48. The van der Waals surface area contributed by atoms with Gasteiger partial charge in [0.15, 0.2) is 0 Å². The van der Waals surface area contributed by atoms with E-state index in [0.29, 0.717) is 0 Å². The standard InChI is InChI=1S/C7H13N3S/c1-7(2,3)9-6-4-10(11)5-8-6/h4-5,9,11H,1-3H3. The monoisotopic (exact) mass is 171 g/mol. The van der Waals surface area contributed by atoms with Crippen LogP contribution in [0.4, 0.5) is 5.82 Å². The second-order valence-corrected chi connectivity index (χ2v) is 3.98. The first-order valence-corrected chi connectivity index (χ1v) is 3.89. The number of hydrogen-bond donors (Lipinski definition) is 2. The molecule has 0 spiro atoms. The Morgan fingerprint density at radius 2 is 2.18 bits per heavy atom. The molecule has 0 aromatic carbocycles. The van der Waals surface area contributed by atoms with Gasteiger partial charge in [0, 0.05) is 5.54 Å². The number of nitrogens with zero attached hydrogens (tertiary/aromatic N) is 2. The van der Waals surface area contributed by atoms with Gasteiger partial charge < -0.3 is 5.32 Å². The van der Waals surface area contributed by atoms with E-state index in [4.69, 9.17) is 0 Å². The molecule has 1 aromatic rings. The van der Waals surface area contributed by atoms with Crippen molar-refractivity contribution in [1.82, 2.24) is 8.96 Å². The van der Waals surface area contributed by atoms with Gasteiger partial charge in [-0.25, -0.2) is 4.98 Å². The van der Waals surface area contributed by atoms with Crippen LogP contribution in [-0.2, 0) is 0 Å². The average Bonchev–Trinajstić information content (AvgIpc) is 2.10. The molecule has 0 saturated carbocycles. The predicted molar refractivity (Wildman–Crippen MR) is 50.0 cm³/mol. The Kier molecular flexibility index (Phi) is 2.13. The lowest BCUT2D eigenvalue weighted by Gasteiger charge is -2.19. The minimum Gasteiger partial charge on any atom is -0.364 e. The lowest BCUT2D eigenvalue weighted by Crippen LogP contribution is -2.26. The number of imidazole rings is 1. The summed E-state index contributed by atoms with van der Waals surface area (Å²) in [7, 11) is 0. The first-order valence-electron chi connectivity index (χ1n) is 3.49. The predicted octanol–water partition coefficient (Wildman–Crippen LogP) is 1.79. The number of anilines is 1. The largest absolute Gasteiger partial charge is 0.364 e. The van der Waals surface area contributed by atoms with Crippen LogP contribution in [0.15, 0.2) is 12.5 Å². The van der Waals surface area contributed by atoms with Crippen LogP contribution in [0.2, 0.25) is 0 Å². The molecule has 0 aliphatic heterocycles. The normalized spacial score (nSPS) is 11.6. The Morgan fingerprint density at radius 3 is 2.55 bits per heavy atom. The maximum absolute atomic E-state index is 4.08. The average molecular weight is 171 g/mol. The highest BCUT2D eigenvalue weighted by Gasteiger charge is 2.09. The topological polar surface area (TPSA) is 29.9 Å². The molecule has 1 rings (SSSR count). The third-order valence-corrected chi connectivity index (χ3v) is 1.29. The molecule has 0 atom stereocenters. The quantitative estimate of drug-likeness (QED) is 0.631. The molecule has 1 N–H and O–H groups in total. The lowest BCUT2D eigenvalue weighted by atomic mass is 10.1. The van der Waals surface area contributed by atoms with Crippen LogP contribution < -0.4 is 5.32 Å². The van der Waals surface area contributed by atoms with E-state index in [1.54, 1.807) is 10.3 Å². The fraction of sp³-hybridized carbons (Fsp3) is 0.571. The van der Waals surface area contributed by atoms with Gasteiger partial charge in [-0.3, -0.25) is 3.97 Å². The van der Waals surface area contributed by atoms with Crippen molar-refractivity contribution < 1.29 is 0 Å². The molecule has 0 fully saturated rings.